The van der Waals surface area contributed by atoms with E-state index in [0.717, 1.165) is 6.07 Å². The highest BCUT2D eigenvalue weighted by atomic mass is 35.5. The molecule has 0 fully saturated rings. The number of hydrogen-bond donors (Lipinski definition) is 2. The van der Waals surface area contributed by atoms with Gasteiger partial charge in [0.15, 0.2) is 5.02 Å². The van der Waals surface area contributed by atoms with E-state index in [1.807, 2.05) is 0 Å². The predicted molar refractivity (Wildman–Crippen MR) is 140 cm³/mol. The summed E-state index contributed by atoms with van der Waals surface area (Å²) in [6.45, 7) is 3.76. The molecule has 2 amide bonds. The van der Waals surface area contributed by atoms with Crippen LogP contribution < -0.4 is 25.4 Å². The Hall–Kier alpha value is -3.87. The molecule has 0 radical (unpaired) electrons. The fourth-order valence-corrected chi connectivity index (χ4v) is 4.30. The van der Waals surface area contributed by atoms with E-state index in [4.69, 9.17) is 16.3 Å². The van der Waals surface area contributed by atoms with Crippen LogP contribution >= 0.6 is 11.6 Å². The second kappa shape index (κ2) is 10.7. The highest BCUT2D eigenvalue weighted by Crippen LogP contribution is 2.39. The van der Waals surface area contributed by atoms with Crippen molar-refractivity contribution in [2.24, 2.45) is 0 Å². The molecule has 206 valence electrons. The fourth-order valence-electron chi connectivity index (χ4n) is 4.12. The van der Waals surface area contributed by atoms with Crippen LogP contribution in [0.4, 0.5) is 20.2 Å². The van der Waals surface area contributed by atoms with E-state index in [1.54, 1.807) is 25.2 Å². The van der Waals surface area contributed by atoms with Crippen LogP contribution in [0.15, 0.2) is 41.2 Å². The molecular weight excluding hydrogens is 536 g/mol. The van der Waals surface area contributed by atoms with Gasteiger partial charge in [-0.15, -0.1) is 0 Å². The van der Waals surface area contributed by atoms with Gasteiger partial charge in [-0.05, 0) is 58.2 Å². The number of hydrogen-bond acceptors (Lipinski definition) is 7. The van der Waals surface area contributed by atoms with E-state index in [9.17, 15) is 28.3 Å². The Morgan fingerprint density at radius 2 is 1.87 bits per heavy atom. The largest absolute Gasteiger partial charge is 0.471 e. The number of benzene rings is 2. The monoisotopic (exact) mass is 561 g/mol. The van der Waals surface area contributed by atoms with Crippen LogP contribution in [0.2, 0.25) is 5.02 Å². The first-order valence-corrected chi connectivity index (χ1v) is 12.2. The smallest absolute Gasteiger partial charge is 0.280 e. The Labute approximate surface area is 227 Å². The first-order chi connectivity index (χ1) is 18.3. The van der Waals surface area contributed by atoms with Gasteiger partial charge in [0.1, 0.15) is 36.3 Å². The van der Waals surface area contributed by atoms with Gasteiger partial charge in [0, 0.05) is 11.6 Å². The summed E-state index contributed by atoms with van der Waals surface area (Å²) in [6, 6.07) is 7.66. The van der Waals surface area contributed by atoms with Crippen molar-refractivity contribution in [1.82, 2.24) is 14.9 Å². The number of aromatic nitrogens is 2. The third-order valence-electron chi connectivity index (χ3n) is 6.02. The molecule has 3 aromatic rings. The van der Waals surface area contributed by atoms with Gasteiger partial charge in [-0.3, -0.25) is 28.8 Å². The predicted octanol–water partition coefficient (Wildman–Crippen LogP) is 2.68. The Morgan fingerprint density at radius 1 is 1.15 bits per heavy atom. The number of anilines is 2. The molecule has 1 aliphatic rings. The van der Waals surface area contributed by atoms with Crippen molar-refractivity contribution in [3.63, 3.8) is 0 Å². The number of amides is 2. The van der Waals surface area contributed by atoms with Gasteiger partial charge in [0.2, 0.25) is 11.8 Å². The normalized spacial score (nSPS) is 13.0. The van der Waals surface area contributed by atoms with Crippen molar-refractivity contribution < 1.29 is 28.2 Å². The van der Waals surface area contributed by atoms with Gasteiger partial charge >= 0.3 is 0 Å². The first-order valence-electron chi connectivity index (χ1n) is 11.8. The molecule has 2 aromatic carbocycles. The standard InChI is InChI=1S/C26H26ClF2N5O5/c1-14-31-23(39-12-15-5-6-16(28)9-18(15)29)22(27)24(36)34(14)17-7-8-19-20(10-17)32(21(35)11-30-4)13-33(19)25(37)26(2,3)38/h5-10,30,38H,11-13H2,1-4H3. The highest BCUT2D eigenvalue weighted by Gasteiger charge is 2.39. The summed E-state index contributed by atoms with van der Waals surface area (Å²) >= 11 is 6.28. The SMILES string of the molecule is CNCC(=O)N1CN(C(=O)C(C)(C)O)c2ccc(-n3c(C)nc(OCc4ccc(F)cc4F)c(Cl)c3=O)cc21. The maximum atomic E-state index is 14.0. The molecule has 1 aromatic heterocycles. The molecule has 0 bridgehead atoms. The van der Waals surface area contributed by atoms with Crippen molar-refractivity contribution in [3.8, 4) is 11.6 Å². The van der Waals surface area contributed by atoms with Crippen LogP contribution in [0.1, 0.15) is 25.2 Å². The highest BCUT2D eigenvalue weighted by molar-refractivity contribution is 6.31. The minimum Gasteiger partial charge on any atom is -0.471 e. The molecule has 0 aliphatic carbocycles. The number of nitrogens with zero attached hydrogens (tertiary/aromatic N) is 4. The van der Waals surface area contributed by atoms with E-state index < -0.39 is 28.7 Å². The number of rotatable bonds is 7. The summed E-state index contributed by atoms with van der Waals surface area (Å²) in [5.41, 5.74) is -1.29. The lowest BCUT2D eigenvalue weighted by Crippen LogP contribution is -2.48. The van der Waals surface area contributed by atoms with Crippen molar-refractivity contribution >= 4 is 34.8 Å². The quantitative estimate of drug-likeness (QED) is 0.455. The van der Waals surface area contributed by atoms with Crippen molar-refractivity contribution in [2.75, 3.05) is 30.1 Å². The second-order valence-corrected chi connectivity index (χ2v) is 9.78. The van der Waals surface area contributed by atoms with Crippen LogP contribution in [0, 0.1) is 18.6 Å². The molecule has 39 heavy (non-hydrogen) atoms. The molecule has 2 N–H and O–H groups in total. The van der Waals surface area contributed by atoms with E-state index in [2.05, 4.69) is 10.3 Å². The second-order valence-electron chi connectivity index (χ2n) is 9.40. The van der Waals surface area contributed by atoms with Gasteiger partial charge in [0.25, 0.3) is 11.5 Å². The Kier molecular flexibility index (Phi) is 7.73. The topological polar surface area (TPSA) is 117 Å². The Bertz CT molecular complexity index is 1520. The molecular formula is C26H26ClF2N5O5. The zero-order chi connectivity index (χ0) is 28.6. The Morgan fingerprint density at radius 3 is 2.51 bits per heavy atom. The van der Waals surface area contributed by atoms with Gasteiger partial charge < -0.3 is 15.2 Å². The average Bonchev–Trinajstić information content (AvgIpc) is 3.24. The molecule has 0 spiro atoms. The number of aryl methyl sites for hydroxylation is 1. The van der Waals surface area contributed by atoms with Crippen LogP contribution in [0.25, 0.3) is 5.69 Å². The lowest BCUT2D eigenvalue weighted by Gasteiger charge is -2.25. The molecule has 2 heterocycles. The third-order valence-corrected chi connectivity index (χ3v) is 6.35. The maximum absolute atomic E-state index is 14.0. The van der Waals surface area contributed by atoms with Crippen LogP contribution in [-0.2, 0) is 16.2 Å². The van der Waals surface area contributed by atoms with Crippen LogP contribution in [0.5, 0.6) is 5.88 Å². The molecule has 0 atom stereocenters. The number of ether oxygens (including phenoxy) is 1. The number of nitrogens with one attached hydrogen (secondary N) is 1. The molecule has 0 saturated heterocycles. The molecule has 4 rings (SSSR count). The summed E-state index contributed by atoms with van der Waals surface area (Å²) < 4.78 is 33.8. The molecule has 0 saturated carbocycles. The third kappa shape index (κ3) is 5.49. The number of halogens is 3. The van der Waals surface area contributed by atoms with Crippen molar-refractivity contribution in [2.45, 2.75) is 33.0 Å². The summed E-state index contributed by atoms with van der Waals surface area (Å²) in [4.78, 5) is 45.9. The van der Waals surface area contributed by atoms with Crippen LogP contribution in [-0.4, -0.2) is 52.3 Å². The van der Waals surface area contributed by atoms with Crippen molar-refractivity contribution in [3.05, 3.63) is 74.8 Å². The van der Waals surface area contributed by atoms with Crippen molar-refractivity contribution in [1.29, 1.82) is 0 Å². The minimum absolute atomic E-state index is 0.0126. The lowest BCUT2D eigenvalue weighted by molar-refractivity contribution is -0.133. The minimum atomic E-state index is -1.68. The zero-order valence-electron chi connectivity index (χ0n) is 21.6. The molecule has 0 unspecified atom stereocenters. The average molecular weight is 562 g/mol. The first kappa shape index (κ1) is 28.1. The van der Waals surface area contributed by atoms with Gasteiger partial charge in [-0.2, -0.15) is 4.98 Å². The zero-order valence-corrected chi connectivity index (χ0v) is 22.3. The summed E-state index contributed by atoms with van der Waals surface area (Å²) in [6.07, 6.45) is 0. The summed E-state index contributed by atoms with van der Waals surface area (Å²) in [5, 5.41) is 12.7. The number of aliphatic hydroxyl groups is 1. The number of carbonyl (C=O) groups excluding carboxylic acids is 2. The van der Waals surface area contributed by atoms with Gasteiger partial charge in [-0.25, -0.2) is 8.78 Å². The number of fused-ring (bicyclic) bond motifs is 1. The Balaban J connectivity index is 1.72. The van der Waals surface area contributed by atoms with Gasteiger partial charge in [-0.1, -0.05) is 11.6 Å². The van der Waals surface area contributed by atoms with E-state index >= 15 is 0 Å². The maximum Gasteiger partial charge on any atom is 0.280 e. The molecule has 1 aliphatic heterocycles. The van der Waals surface area contributed by atoms with Gasteiger partial charge in [0.05, 0.1) is 23.6 Å². The summed E-state index contributed by atoms with van der Waals surface area (Å²) in [7, 11) is 1.61. The number of likely N-dealkylation sites (N-methyl/N-ethyl adjacent to an activating group) is 1. The lowest BCUT2D eigenvalue weighted by atomic mass is 10.1. The molecule has 13 heteroatoms. The summed E-state index contributed by atoms with van der Waals surface area (Å²) in [5.74, 6) is -2.54. The number of carbonyl (C=O) groups is 2. The van der Waals surface area contributed by atoms with Crippen LogP contribution in [0.3, 0.4) is 0 Å². The fraction of sp³-hybridized carbons (Fsp3) is 0.308. The van der Waals surface area contributed by atoms with E-state index in [0.29, 0.717) is 23.1 Å². The van der Waals surface area contributed by atoms with E-state index in [1.165, 1.54) is 41.2 Å². The van der Waals surface area contributed by atoms with E-state index in [-0.39, 0.29) is 48.0 Å². The molecule has 10 nitrogen and oxygen atoms in total.